The summed E-state index contributed by atoms with van der Waals surface area (Å²) in [4.78, 5) is 23.5. The molecule has 0 bridgehead atoms. The Labute approximate surface area is 169 Å². The first-order chi connectivity index (χ1) is 14.0. The molecule has 0 radical (unpaired) electrons. The molecule has 154 valence electrons. The molecule has 0 aliphatic heterocycles. The molecule has 2 aromatic carbocycles. The van der Waals surface area contributed by atoms with Gasteiger partial charge in [0.1, 0.15) is 5.75 Å². The van der Waals surface area contributed by atoms with Crippen LogP contribution < -0.4 is 18.9 Å². The van der Waals surface area contributed by atoms with Crippen LogP contribution >= 0.6 is 0 Å². The van der Waals surface area contributed by atoms with E-state index in [2.05, 4.69) is 4.74 Å². The van der Waals surface area contributed by atoms with Crippen LogP contribution in [0.5, 0.6) is 23.0 Å². The van der Waals surface area contributed by atoms with E-state index < -0.39 is 5.97 Å². The smallest absolute Gasteiger partial charge is 0.343 e. The maximum Gasteiger partial charge on any atom is 0.343 e. The Morgan fingerprint density at radius 1 is 0.931 bits per heavy atom. The van der Waals surface area contributed by atoms with E-state index >= 15 is 0 Å². The van der Waals surface area contributed by atoms with E-state index in [0.717, 1.165) is 5.56 Å². The number of carbonyl (C=O) groups is 2. The number of esters is 1. The second-order valence-corrected chi connectivity index (χ2v) is 5.77. The van der Waals surface area contributed by atoms with Crippen LogP contribution in [0.2, 0.25) is 0 Å². The van der Waals surface area contributed by atoms with Gasteiger partial charge in [-0.2, -0.15) is 0 Å². The molecule has 2 aromatic rings. The minimum Gasteiger partial charge on any atom is -0.493 e. The zero-order chi connectivity index (χ0) is 21.2. The maximum atomic E-state index is 12.4. The zero-order valence-corrected chi connectivity index (χ0v) is 16.9. The van der Waals surface area contributed by atoms with Crippen LogP contribution in [0.3, 0.4) is 0 Å². The van der Waals surface area contributed by atoms with Crippen LogP contribution in [0.15, 0.2) is 42.5 Å². The third-order valence-electron chi connectivity index (χ3n) is 3.92. The predicted molar refractivity (Wildman–Crippen MR) is 108 cm³/mol. The summed E-state index contributed by atoms with van der Waals surface area (Å²) in [5.74, 6) is 1.36. The van der Waals surface area contributed by atoms with Crippen LogP contribution in [0.25, 0.3) is 6.08 Å². The standard InChI is InChI=1S/C22H24O7/c1-5-28-22-19(25-2)12-15(13-20(22)26-3)6-11-18(23)16-7-9-17(10-8-16)29-14-21(24)27-4/h6-13H,5,14H2,1-4H3/b11-6+. The summed E-state index contributed by atoms with van der Waals surface area (Å²) in [5.41, 5.74) is 1.21. The lowest BCUT2D eigenvalue weighted by atomic mass is 10.1. The number of benzene rings is 2. The monoisotopic (exact) mass is 400 g/mol. The van der Waals surface area contributed by atoms with Crippen molar-refractivity contribution in [2.45, 2.75) is 6.92 Å². The number of rotatable bonds is 10. The van der Waals surface area contributed by atoms with Gasteiger partial charge in [0, 0.05) is 5.56 Å². The minimum atomic E-state index is -0.478. The van der Waals surface area contributed by atoms with Crippen LogP contribution in [-0.2, 0) is 9.53 Å². The first-order valence-electron chi connectivity index (χ1n) is 8.93. The fourth-order valence-electron chi connectivity index (χ4n) is 2.47. The van der Waals surface area contributed by atoms with Gasteiger partial charge in [-0.15, -0.1) is 0 Å². The summed E-state index contributed by atoms with van der Waals surface area (Å²) in [6, 6.07) is 10.0. The Morgan fingerprint density at radius 2 is 1.55 bits per heavy atom. The molecule has 0 N–H and O–H groups in total. The Kier molecular flexibility index (Phi) is 8.09. The highest BCUT2D eigenvalue weighted by atomic mass is 16.6. The van der Waals surface area contributed by atoms with Crippen molar-refractivity contribution in [2.24, 2.45) is 0 Å². The van der Waals surface area contributed by atoms with E-state index in [0.29, 0.717) is 35.2 Å². The number of ether oxygens (including phenoxy) is 5. The van der Waals surface area contributed by atoms with E-state index in [-0.39, 0.29) is 12.4 Å². The molecule has 0 atom stereocenters. The van der Waals surface area contributed by atoms with Gasteiger partial charge in [-0.1, -0.05) is 6.08 Å². The number of allylic oxidation sites excluding steroid dienone is 1. The van der Waals surface area contributed by atoms with Gasteiger partial charge < -0.3 is 23.7 Å². The highest BCUT2D eigenvalue weighted by Gasteiger charge is 2.13. The molecule has 0 aliphatic rings. The molecular weight excluding hydrogens is 376 g/mol. The predicted octanol–water partition coefficient (Wildman–Crippen LogP) is 3.55. The fraction of sp³-hybridized carbons (Fsp3) is 0.273. The van der Waals surface area contributed by atoms with E-state index in [1.807, 2.05) is 6.92 Å². The zero-order valence-electron chi connectivity index (χ0n) is 16.9. The quantitative estimate of drug-likeness (QED) is 0.343. The highest BCUT2D eigenvalue weighted by Crippen LogP contribution is 2.38. The van der Waals surface area contributed by atoms with Gasteiger partial charge in [0.2, 0.25) is 5.75 Å². The summed E-state index contributed by atoms with van der Waals surface area (Å²) in [6.45, 7) is 2.15. The van der Waals surface area contributed by atoms with Crippen molar-refractivity contribution in [1.29, 1.82) is 0 Å². The van der Waals surface area contributed by atoms with Crippen molar-refractivity contribution in [3.63, 3.8) is 0 Å². The molecule has 0 aliphatic carbocycles. The molecule has 0 spiro atoms. The second kappa shape index (κ2) is 10.8. The third kappa shape index (κ3) is 6.00. The van der Waals surface area contributed by atoms with Crippen LogP contribution in [0.4, 0.5) is 0 Å². The van der Waals surface area contributed by atoms with Gasteiger partial charge in [0.25, 0.3) is 0 Å². The summed E-state index contributed by atoms with van der Waals surface area (Å²) in [7, 11) is 4.37. The Morgan fingerprint density at radius 3 is 2.07 bits per heavy atom. The van der Waals surface area contributed by atoms with E-state index in [1.165, 1.54) is 13.2 Å². The summed E-state index contributed by atoms with van der Waals surface area (Å²) < 4.78 is 26.1. The lowest BCUT2D eigenvalue weighted by Gasteiger charge is -2.14. The van der Waals surface area contributed by atoms with Crippen LogP contribution in [-0.4, -0.2) is 46.3 Å². The number of hydrogen-bond donors (Lipinski definition) is 0. The highest BCUT2D eigenvalue weighted by molar-refractivity contribution is 6.06. The summed E-state index contributed by atoms with van der Waals surface area (Å²) in [5, 5.41) is 0. The van der Waals surface area contributed by atoms with Crippen molar-refractivity contribution in [3.05, 3.63) is 53.6 Å². The Balaban J connectivity index is 2.12. The van der Waals surface area contributed by atoms with Crippen molar-refractivity contribution in [3.8, 4) is 23.0 Å². The van der Waals surface area contributed by atoms with E-state index in [4.69, 9.17) is 18.9 Å². The molecule has 7 nitrogen and oxygen atoms in total. The topological polar surface area (TPSA) is 80.3 Å². The Hall–Kier alpha value is -3.48. The molecule has 7 heteroatoms. The molecule has 0 heterocycles. The molecule has 0 fully saturated rings. The second-order valence-electron chi connectivity index (χ2n) is 5.77. The number of ketones is 1. The third-order valence-corrected chi connectivity index (χ3v) is 3.92. The van der Waals surface area contributed by atoms with Crippen molar-refractivity contribution < 1.29 is 33.3 Å². The van der Waals surface area contributed by atoms with Gasteiger partial charge in [0.15, 0.2) is 23.9 Å². The fourth-order valence-corrected chi connectivity index (χ4v) is 2.47. The largest absolute Gasteiger partial charge is 0.493 e. The van der Waals surface area contributed by atoms with Crippen LogP contribution in [0.1, 0.15) is 22.8 Å². The van der Waals surface area contributed by atoms with Gasteiger partial charge in [0.05, 0.1) is 27.9 Å². The number of carbonyl (C=O) groups excluding carboxylic acids is 2. The maximum absolute atomic E-state index is 12.4. The van der Waals surface area contributed by atoms with Crippen molar-refractivity contribution >= 4 is 17.8 Å². The van der Waals surface area contributed by atoms with Crippen molar-refractivity contribution in [2.75, 3.05) is 34.5 Å². The molecule has 2 rings (SSSR count). The molecular formula is C22H24O7. The lowest BCUT2D eigenvalue weighted by Crippen LogP contribution is -2.12. The molecule has 0 amide bonds. The average Bonchev–Trinajstić information content (AvgIpc) is 2.76. The molecule has 0 saturated carbocycles. The molecule has 0 unspecified atom stereocenters. The van der Waals surface area contributed by atoms with Crippen LogP contribution in [0, 0.1) is 0 Å². The van der Waals surface area contributed by atoms with Gasteiger partial charge in [-0.3, -0.25) is 4.79 Å². The average molecular weight is 400 g/mol. The normalized spacial score (nSPS) is 10.5. The van der Waals surface area contributed by atoms with E-state index in [1.54, 1.807) is 56.7 Å². The minimum absolute atomic E-state index is 0.184. The van der Waals surface area contributed by atoms with Crippen molar-refractivity contribution in [1.82, 2.24) is 0 Å². The molecule has 0 aromatic heterocycles. The molecule has 29 heavy (non-hydrogen) atoms. The summed E-state index contributed by atoms with van der Waals surface area (Å²) in [6.07, 6.45) is 3.13. The number of methoxy groups -OCH3 is 3. The first kappa shape index (κ1) is 21.8. The lowest BCUT2D eigenvalue weighted by molar-refractivity contribution is -0.142. The van der Waals surface area contributed by atoms with Gasteiger partial charge in [-0.05, 0) is 55.0 Å². The first-order valence-corrected chi connectivity index (χ1v) is 8.93. The number of hydrogen-bond acceptors (Lipinski definition) is 7. The summed E-state index contributed by atoms with van der Waals surface area (Å²) >= 11 is 0. The van der Waals surface area contributed by atoms with Gasteiger partial charge in [-0.25, -0.2) is 4.79 Å². The molecule has 0 saturated heterocycles. The Bertz CT molecular complexity index is 844. The van der Waals surface area contributed by atoms with E-state index in [9.17, 15) is 9.59 Å². The SMILES string of the molecule is CCOc1c(OC)cc(/C=C/C(=O)c2ccc(OCC(=O)OC)cc2)cc1OC. The van der Waals surface area contributed by atoms with Gasteiger partial charge >= 0.3 is 5.97 Å².